The molecular formula is C13H20N2O. The zero-order valence-corrected chi connectivity index (χ0v) is 10.2. The Bertz CT molecular complexity index is 376. The predicted molar refractivity (Wildman–Crippen MR) is 63.9 cm³/mol. The Labute approximate surface area is 96.8 Å². The van der Waals surface area contributed by atoms with Crippen molar-refractivity contribution in [2.75, 3.05) is 0 Å². The van der Waals surface area contributed by atoms with Crippen molar-refractivity contribution in [3.8, 4) is 0 Å². The predicted octanol–water partition coefficient (Wildman–Crippen LogP) is 2.94. The van der Waals surface area contributed by atoms with Crippen LogP contribution in [-0.4, -0.2) is 16.1 Å². The van der Waals surface area contributed by atoms with Gasteiger partial charge in [0.05, 0.1) is 17.3 Å². The number of hydrogen-bond acceptors (Lipinski definition) is 2. The number of aryl methyl sites for hydroxylation is 1. The van der Waals surface area contributed by atoms with Gasteiger partial charge in [0.2, 0.25) is 0 Å². The molecule has 3 heteroatoms. The first-order valence-electron chi connectivity index (χ1n) is 6.37. The van der Waals surface area contributed by atoms with Crippen molar-refractivity contribution in [2.45, 2.75) is 58.4 Å². The quantitative estimate of drug-likeness (QED) is 0.731. The minimum absolute atomic E-state index is 0.536. The van der Waals surface area contributed by atoms with Crippen LogP contribution in [0, 0.1) is 0 Å². The van der Waals surface area contributed by atoms with Gasteiger partial charge in [-0.15, -0.1) is 0 Å². The van der Waals surface area contributed by atoms with Gasteiger partial charge < -0.3 is 0 Å². The number of aldehydes is 1. The van der Waals surface area contributed by atoms with E-state index < -0.39 is 0 Å². The van der Waals surface area contributed by atoms with E-state index in [4.69, 9.17) is 0 Å². The SMILES string of the molecule is CCc1nn(C2CCCC2)c(CC)c1C=O. The van der Waals surface area contributed by atoms with Crippen LogP contribution >= 0.6 is 0 Å². The average molecular weight is 220 g/mol. The second kappa shape index (κ2) is 4.81. The number of nitrogens with zero attached hydrogens (tertiary/aromatic N) is 2. The lowest BCUT2D eigenvalue weighted by Crippen LogP contribution is -2.10. The van der Waals surface area contributed by atoms with Crippen LogP contribution in [0.25, 0.3) is 0 Å². The lowest BCUT2D eigenvalue weighted by molar-refractivity contribution is 0.112. The highest BCUT2D eigenvalue weighted by Gasteiger charge is 2.23. The number of carbonyl (C=O) groups is 1. The van der Waals surface area contributed by atoms with Crippen LogP contribution in [0.15, 0.2) is 0 Å². The molecule has 1 aliphatic rings. The molecule has 1 heterocycles. The maximum absolute atomic E-state index is 11.1. The van der Waals surface area contributed by atoms with E-state index in [1.165, 1.54) is 25.7 Å². The molecule has 1 aliphatic carbocycles. The third-order valence-corrected chi connectivity index (χ3v) is 3.58. The van der Waals surface area contributed by atoms with Gasteiger partial charge in [-0.1, -0.05) is 26.7 Å². The van der Waals surface area contributed by atoms with Crippen LogP contribution in [0.2, 0.25) is 0 Å². The molecule has 0 aromatic carbocycles. The van der Waals surface area contributed by atoms with Crippen LogP contribution in [0.5, 0.6) is 0 Å². The van der Waals surface area contributed by atoms with Gasteiger partial charge in [-0.25, -0.2) is 0 Å². The fraction of sp³-hybridized carbons (Fsp3) is 0.692. The van der Waals surface area contributed by atoms with Gasteiger partial charge in [-0.2, -0.15) is 5.10 Å². The van der Waals surface area contributed by atoms with Gasteiger partial charge in [-0.3, -0.25) is 9.48 Å². The number of carbonyl (C=O) groups excluding carboxylic acids is 1. The van der Waals surface area contributed by atoms with Gasteiger partial charge >= 0.3 is 0 Å². The minimum Gasteiger partial charge on any atom is -0.298 e. The molecule has 1 saturated carbocycles. The average Bonchev–Trinajstić information content (AvgIpc) is 2.94. The highest BCUT2D eigenvalue weighted by Crippen LogP contribution is 2.31. The van der Waals surface area contributed by atoms with Crippen molar-refractivity contribution in [3.05, 3.63) is 17.0 Å². The van der Waals surface area contributed by atoms with Gasteiger partial charge in [0.25, 0.3) is 0 Å². The number of rotatable bonds is 4. The summed E-state index contributed by atoms with van der Waals surface area (Å²) < 4.78 is 2.13. The first kappa shape index (κ1) is 11.4. The van der Waals surface area contributed by atoms with Gasteiger partial charge in [0.1, 0.15) is 0 Å². The van der Waals surface area contributed by atoms with Gasteiger partial charge in [-0.05, 0) is 25.7 Å². The molecule has 88 valence electrons. The summed E-state index contributed by atoms with van der Waals surface area (Å²) in [6, 6.07) is 0.536. The van der Waals surface area contributed by atoms with E-state index in [-0.39, 0.29) is 0 Å². The summed E-state index contributed by atoms with van der Waals surface area (Å²) in [5, 5.41) is 4.64. The van der Waals surface area contributed by atoms with E-state index >= 15 is 0 Å². The monoisotopic (exact) mass is 220 g/mol. The summed E-state index contributed by atoms with van der Waals surface area (Å²) >= 11 is 0. The molecule has 0 N–H and O–H groups in total. The Balaban J connectivity index is 2.42. The highest BCUT2D eigenvalue weighted by molar-refractivity contribution is 5.78. The second-order valence-corrected chi connectivity index (χ2v) is 4.51. The van der Waals surface area contributed by atoms with E-state index in [2.05, 4.69) is 23.6 Å². The van der Waals surface area contributed by atoms with E-state index in [0.717, 1.165) is 36.1 Å². The third-order valence-electron chi connectivity index (χ3n) is 3.58. The summed E-state index contributed by atoms with van der Waals surface area (Å²) in [7, 11) is 0. The Morgan fingerprint density at radius 3 is 2.50 bits per heavy atom. The molecule has 0 unspecified atom stereocenters. The van der Waals surface area contributed by atoms with E-state index in [9.17, 15) is 4.79 Å². The Hall–Kier alpha value is -1.12. The lowest BCUT2D eigenvalue weighted by Gasteiger charge is -2.13. The number of hydrogen-bond donors (Lipinski definition) is 0. The van der Waals surface area contributed by atoms with Crippen molar-refractivity contribution in [1.29, 1.82) is 0 Å². The second-order valence-electron chi connectivity index (χ2n) is 4.51. The fourth-order valence-corrected chi connectivity index (χ4v) is 2.73. The summed E-state index contributed by atoms with van der Waals surface area (Å²) in [5.41, 5.74) is 2.95. The zero-order valence-electron chi connectivity index (χ0n) is 10.2. The van der Waals surface area contributed by atoms with Crippen LogP contribution in [0.3, 0.4) is 0 Å². The van der Waals surface area contributed by atoms with Crippen molar-refractivity contribution in [1.82, 2.24) is 9.78 Å². The molecule has 0 spiro atoms. The largest absolute Gasteiger partial charge is 0.298 e. The Kier molecular flexibility index (Phi) is 3.42. The van der Waals surface area contributed by atoms with E-state index in [1.807, 2.05) is 0 Å². The van der Waals surface area contributed by atoms with Crippen molar-refractivity contribution in [2.24, 2.45) is 0 Å². The molecule has 0 aliphatic heterocycles. The zero-order chi connectivity index (χ0) is 11.5. The maximum Gasteiger partial charge on any atom is 0.153 e. The van der Waals surface area contributed by atoms with E-state index in [0.29, 0.717) is 6.04 Å². The van der Waals surface area contributed by atoms with E-state index in [1.54, 1.807) is 0 Å². The highest BCUT2D eigenvalue weighted by atomic mass is 16.1. The molecule has 0 amide bonds. The molecule has 1 fully saturated rings. The topological polar surface area (TPSA) is 34.9 Å². The standard InChI is InChI=1S/C13H20N2O/c1-3-12-11(9-16)13(4-2)15(14-12)10-7-5-6-8-10/h9-10H,3-8H2,1-2H3. The molecule has 0 bridgehead atoms. The van der Waals surface area contributed by atoms with Crippen molar-refractivity contribution >= 4 is 6.29 Å². The molecule has 0 atom stereocenters. The normalized spacial score (nSPS) is 16.9. The molecule has 0 radical (unpaired) electrons. The van der Waals surface area contributed by atoms with Gasteiger partial charge in [0, 0.05) is 5.69 Å². The van der Waals surface area contributed by atoms with Crippen molar-refractivity contribution < 1.29 is 4.79 Å². The Morgan fingerprint density at radius 2 is 2.00 bits per heavy atom. The maximum atomic E-state index is 11.1. The minimum atomic E-state index is 0.536. The molecule has 2 rings (SSSR count). The van der Waals surface area contributed by atoms with Crippen LogP contribution < -0.4 is 0 Å². The van der Waals surface area contributed by atoms with Crippen LogP contribution in [-0.2, 0) is 12.8 Å². The van der Waals surface area contributed by atoms with Gasteiger partial charge in [0.15, 0.2) is 6.29 Å². The molecule has 16 heavy (non-hydrogen) atoms. The molecular weight excluding hydrogens is 200 g/mol. The van der Waals surface area contributed by atoms with Crippen LogP contribution in [0.4, 0.5) is 0 Å². The molecule has 1 aromatic rings. The number of aromatic nitrogens is 2. The molecule has 3 nitrogen and oxygen atoms in total. The first-order valence-corrected chi connectivity index (χ1v) is 6.37. The fourth-order valence-electron chi connectivity index (χ4n) is 2.73. The molecule has 0 saturated heterocycles. The Morgan fingerprint density at radius 1 is 1.31 bits per heavy atom. The first-order chi connectivity index (χ1) is 7.81. The molecule has 1 aromatic heterocycles. The lowest BCUT2D eigenvalue weighted by atomic mass is 10.1. The summed E-state index contributed by atoms with van der Waals surface area (Å²) in [6.07, 6.45) is 7.76. The van der Waals surface area contributed by atoms with Crippen LogP contribution in [0.1, 0.15) is 67.3 Å². The summed E-state index contributed by atoms with van der Waals surface area (Å²) in [6.45, 7) is 4.17. The smallest absolute Gasteiger partial charge is 0.153 e. The summed E-state index contributed by atoms with van der Waals surface area (Å²) in [4.78, 5) is 11.1. The third kappa shape index (κ3) is 1.79. The summed E-state index contributed by atoms with van der Waals surface area (Å²) in [5.74, 6) is 0. The van der Waals surface area contributed by atoms with Crippen molar-refractivity contribution in [3.63, 3.8) is 0 Å².